The van der Waals surface area contributed by atoms with Crippen LogP contribution in [0.2, 0.25) is 0 Å². The van der Waals surface area contributed by atoms with Crippen LogP contribution in [0.4, 0.5) is 0 Å². The summed E-state index contributed by atoms with van der Waals surface area (Å²) in [5, 5.41) is 5.68. The predicted octanol–water partition coefficient (Wildman–Crippen LogP) is 3.39. The molecule has 0 saturated carbocycles. The van der Waals surface area contributed by atoms with E-state index in [4.69, 9.17) is 0 Å². The molecule has 0 radical (unpaired) electrons. The number of benzene rings is 2. The van der Waals surface area contributed by atoms with Gasteiger partial charge in [0.1, 0.15) is 5.78 Å². The molecule has 0 aliphatic rings. The highest BCUT2D eigenvalue weighted by Gasteiger charge is 2.11. The van der Waals surface area contributed by atoms with Crippen molar-refractivity contribution in [1.29, 1.82) is 0 Å². The zero-order valence-electron chi connectivity index (χ0n) is 11.2. The van der Waals surface area contributed by atoms with Gasteiger partial charge in [-0.15, -0.1) is 0 Å². The van der Waals surface area contributed by atoms with Crippen molar-refractivity contribution >= 4 is 16.6 Å². The van der Waals surface area contributed by atoms with Crippen LogP contribution in [0.5, 0.6) is 0 Å². The number of hydrogen-bond acceptors (Lipinski definition) is 2. The maximum absolute atomic E-state index is 11.3. The first-order chi connectivity index (χ1) is 8.60. The number of Topliss-reactive ketones (excluding diaryl/α,β-unsaturated/α-hetero) is 1. The summed E-state index contributed by atoms with van der Waals surface area (Å²) in [6.07, 6.45) is 0.536. The van der Waals surface area contributed by atoms with Crippen molar-refractivity contribution in [1.82, 2.24) is 5.32 Å². The molecule has 2 rings (SSSR count). The Morgan fingerprint density at radius 3 is 2.50 bits per heavy atom. The second kappa shape index (κ2) is 5.32. The first-order valence-corrected chi connectivity index (χ1v) is 6.27. The average Bonchev–Trinajstić information content (AvgIpc) is 2.35. The van der Waals surface area contributed by atoms with Crippen molar-refractivity contribution in [2.45, 2.75) is 26.3 Å². The van der Waals surface area contributed by atoms with Gasteiger partial charge in [-0.05, 0) is 43.3 Å². The second-order valence-corrected chi connectivity index (χ2v) is 4.86. The van der Waals surface area contributed by atoms with Crippen molar-refractivity contribution in [3.05, 3.63) is 47.5 Å². The summed E-state index contributed by atoms with van der Waals surface area (Å²) in [7, 11) is 1.90. The number of nitrogens with one attached hydrogen (secondary N) is 1. The predicted molar refractivity (Wildman–Crippen MR) is 75.8 cm³/mol. The van der Waals surface area contributed by atoms with Crippen molar-refractivity contribution in [2.75, 3.05) is 7.05 Å². The summed E-state index contributed by atoms with van der Waals surface area (Å²) in [6.45, 7) is 3.73. The molecule has 2 heteroatoms. The third-order valence-electron chi connectivity index (χ3n) is 3.26. The Balaban J connectivity index is 2.39. The van der Waals surface area contributed by atoms with E-state index in [1.807, 2.05) is 7.05 Å². The van der Waals surface area contributed by atoms with Gasteiger partial charge in [0, 0.05) is 12.5 Å². The minimum absolute atomic E-state index is 0.105. The molecule has 1 atom stereocenters. The zero-order chi connectivity index (χ0) is 13.1. The van der Waals surface area contributed by atoms with Gasteiger partial charge in [0.2, 0.25) is 0 Å². The molecule has 1 N–H and O–H groups in total. The molecule has 2 aromatic carbocycles. The molecule has 0 heterocycles. The van der Waals surface area contributed by atoms with Gasteiger partial charge in [-0.25, -0.2) is 0 Å². The van der Waals surface area contributed by atoms with E-state index in [0.29, 0.717) is 6.42 Å². The third-order valence-corrected chi connectivity index (χ3v) is 3.26. The van der Waals surface area contributed by atoms with Crippen LogP contribution in [0.15, 0.2) is 36.4 Å². The van der Waals surface area contributed by atoms with Crippen molar-refractivity contribution in [3.8, 4) is 0 Å². The Labute approximate surface area is 108 Å². The normalized spacial score (nSPS) is 12.6. The average molecular weight is 241 g/mol. The number of aryl methyl sites for hydroxylation is 1. The van der Waals surface area contributed by atoms with Gasteiger partial charge in [0.25, 0.3) is 0 Å². The van der Waals surface area contributed by atoms with Crippen LogP contribution in [0, 0.1) is 6.92 Å². The van der Waals surface area contributed by atoms with E-state index in [0.717, 1.165) is 0 Å². The molecule has 0 bridgehead atoms. The number of hydrogen-bond donors (Lipinski definition) is 1. The Hall–Kier alpha value is -1.67. The molecule has 0 aromatic heterocycles. The number of fused-ring (bicyclic) bond motifs is 1. The van der Waals surface area contributed by atoms with Gasteiger partial charge in [-0.3, -0.25) is 4.79 Å². The summed E-state index contributed by atoms with van der Waals surface area (Å²) < 4.78 is 0. The van der Waals surface area contributed by atoms with E-state index >= 15 is 0 Å². The molecule has 94 valence electrons. The van der Waals surface area contributed by atoms with E-state index in [-0.39, 0.29) is 11.8 Å². The largest absolute Gasteiger partial charge is 0.313 e. The lowest BCUT2D eigenvalue weighted by Gasteiger charge is -2.15. The number of carbonyl (C=O) groups is 1. The highest BCUT2D eigenvalue weighted by atomic mass is 16.1. The van der Waals surface area contributed by atoms with Gasteiger partial charge in [0.05, 0.1) is 0 Å². The molecule has 0 saturated heterocycles. The van der Waals surface area contributed by atoms with Crippen LogP contribution in [-0.2, 0) is 4.79 Å². The molecule has 0 fully saturated rings. The number of rotatable bonds is 4. The molecular formula is C16H19NO. The van der Waals surface area contributed by atoms with E-state index in [2.05, 4.69) is 48.6 Å². The van der Waals surface area contributed by atoms with Gasteiger partial charge in [-0.1, -0.05) is 35.9 Å². The van der Waals surface area contributed by atoms with Gasteiger partial charge in [-0.2, -0.15) is 0 Å². The fraction of sp³-hybridized carbons (Fsp3) is 0.312. The standard InChI is InChI=1S/C16H19NO/c1-11-4-5-14-10-15(7-6-13(14)8-11)16(17-3)9-12(2)18/h4-8,10,16-17H,9H2,1-3H3. The maximum Gasteiger partial charge on any atom is 0.131 e. The Morgan fingerprint density at radius 2 is 1.83 bits per heavy atom. The van der Waals surface area contributed by atoms with Gasteiger partial charge >= 0.3 is 0 Å². The maximum atomic E-state index is 11.3. The van der Waals surface area contributed by atoms with Crippen LogP contribution in [0.25, 0.3) is 10.8 Å². The van der Waals surface area contributed by atoms with E-state index in [9.17, 15) is 4.79 Å². The van der Waals surface area contributed by atoms with Crippen LogP contribution in [0.3, 0.4) is 0 Å². The number of ketones is 1. The molecule has 1 unspecified atom stereocenters. The minimum Gasteiger partial charge on any atom is -0.313 e. The first kappa shape index (κ1) is 12.8. The smallest absolute Gasteiger partial charge is 0.131 e. The summed E-state index contributed by atoms with van der Waals surface area (Å²) in [5.41, 5.74) is 2.44. The number of carbonyl (C=O) groups excluding carboxylic acids is 1. The van der Waals surface area contributed by atoms with Crippen molar-refractivity contribution in [3.63, 3.8) is 0 Å². The molecule has 2 nitrogen and oxygen atoms in total. The van der Waals surface area contributed by atoms with Crippen LogP contribution in [-0.4, -0.2) is 12.8 Å². The van der Waals surface area contributed by atoms with Gasteiger partial charge in [0.15, 0.2) is 0 Å². The molecule has 2 aromatic rings. The molecule has 0 aliphatic heterocycles. The minimum atomic E-state index is 0.105. The molecule has 0 aliphatic carbocycles. The summed E-state index contributed by atoms with van der Waals surface area (Å²) in [5.74, 6) is 0.207. The quantitative estimate of drug-likeness (QED) is 0.889. The molecule has 0 spiro atoms. The highest BCUT2D eigenvalue weighted by Crippen LogP contribution is 2.23. The van der Waals surface area contributed by atoms with Crippen molar-refractivity contribution in [2.24, 2.45) is 0 Å². The summed E-state index contributed by atoms with van der Waals surface area (Å²) in [6, 6.07) is 12.9. The van der Waals surface area contributed by atoms with Gasteiger partial charge < -0.3 is 5.32 Å². The molecule has 18 heavy (non-hydrogen) atoms. The highest BCUT2D eigenvalue weighted by molar-refractivity contribution is 5.84. The fourth-order valence-corrected chi connectivity index (χ4v) is 2.27. The van der Waals surface area contributed by atoms with Crippen molar-refractivity contribution < 1.29 is 4.79 Å². The lowest BCUT2D eigenvalue weighted by Crippen LogP contribution is -2.18. The van der Waals surface area contributed by atoms with Crippen LogP contribution >= 0.6 is 0 Å². The van der Waals surface area contributed by atoms with Crippen LogP contribution in [0.1, 0.15) is 30.5 Å². The first-order valence-electron chi connectivity index (χ1n) is 6.27. The zero-order valence-corrected chi connectivity index (χ0v) is 11.2. The summed E-state index contributed by atoms with van der Waals surface area (Å²) in [4.78, 5) is 11.3. The SMILES string of the molecule is CNC(CC(C)=O)c1ccc2cc(C)ccc2c1. The fourth-order valence-electron chi connectivity index (χ4n) is 2.27. The Morgan fingerprint density at radius 1 is 1.17 bits per heavy atom. The molecular weight excluding hydrogens is 222 g/mol. The Kier molecular flexibility index (Phi) is 3.78. The van der Waals surface area contributed by atoms with Crippen LogP contribution < -0.4 is 5.32 Å². The summed E-state index contributed by atoms with van der Waals surface area (Å²) >= 11 is 0. The van der Waals surface area contributed by atoms with E-state index in [1.54, 1.807) is 6.92 Å². The topological polar surface area (TPSA) is 29.1 Å². The van der Waals surface area contributed by atoms with E-state index < -0.39 is 0 Å². The third kappa shape index (κ3) is 2.77. The van der Waals surface area contributed by atoms with E-state index in [1.165, 1.54) is 21.9 Å². The second-order valence-electron chi connectivity index (χ2n) is 4.86. The lowest BCUT2D eigenvalue weighted by atomic mass is 9.98. The molecule has 0 amide bonds. The monoisotopic (exact) mass is 241 g/mol. The Bertz CT molecular complexity index is 574. The lowest BCUT2D eigenvalue weighted by molar-refractivity contribution is -0.117.